The molecule has 110 valence electrons. The van der Waals surface area contributed by atoms with Crippen LogP contribution in [0.1, 0.15) is 12.8 Å². The fourth-order valence-corrected chi connectivity index (χ4v) is 1.93. The van der Waals surface area contributed by atoms with Gasteiger partial charge in [-0.05, 0) is 12.8 Å². The molecule has 0 saturated heterocycles. The minimum Gasteiger partial charge on any atom is -0.388 e. The molecule has 0 aliphatic heterocycles. The monoisotopic (exact) mass is 375 g/mol. The van der Waals surface area contributed by atoms with Crippen molar-refractivity contribution in [1.29, 1.82) is 0 Å². The van der Waals surface area contributed by atoms with E-state index in [1.165, 1.54) is 0 Å². The fourth-order valence-electron chi connectivity index (χ4n) is 1.35. The summed E-state index contributed by atoms with van der Waals surface area (Å²) in [7, 11) is 0. The van der Waals surface area contributed by atoms with Crippen LogP contribution in [0, 0.1) is 0 Å². The summed E-state index contributed by atoms with van der Waals surface area (Å²) in [5.41, 5.74) is -0.954. The van der Waals surface area contributed by atoms with Crippen molar-refractivity contribution in [2.24, 2.45) is 0 Å². The van der Waals surface area contributed by atoms with Crippen LogP contribution in [0.4, 0.5) is 0 Å². The summed E-state index contributed by atoms with van der Waals surface area (Å²) in [6.45, 7) is 1.34. The van der Waals surface area contributed by atoms with Crippen LogP contribution in [0.5, 0.6) is 0 Å². The van der Waals surface area contributed by atoms with Gasteiger partial charge in [-0.1, -0.05) is 36.7 Å². The van der Waals surface area contributed by atoms with E-state index in [1.807, 2.05) is 0 Å². The fraction of sp³-hybridized carbons (Fsp3) is 0.667. The van der Waals surface area contributed by atoms with Crippen LogP contribution >= 0.6 is 74.5 Å². The van der Waals surface area contributed by atoms with Crippen molar-refractivity contribution < 1.29 is 5.11 Å². The molecule has 0 aromatic carbocycles. The second kappa shape index (κ2) is 10.4. The summed E-state index contributed by atoms with van der Waals surface area (Å²) in [5.74, 6) is 0. The van der Waals surface area contributed by atoms with Gasteiger partial charge in [-0.25, -0.2) is 0 Å². The van der Waals surface area contributed by atoms with E-state index in [9.17, 15) is 5.11 Å². The second-order valence-corrected chi connectivity index (χ2v) is 7.32. The quantitative estimate of drug-likeness (QED) is 0.252. The Morgan fingerprint density at radius 2 is 1.21 bits per heavy atom. The van der Waals surface area contributed by atoms with E-state index >= 15 is 0 Å². The van der Waals surface area contributed by atoms with Gasteiger partial charge >= 0.3 is 0 Å². The Balaban J connectivity index is 4.29. The molecular weight excluding hydrogens is 359 g/mol. The molecule has 0 heterocycles. The molecule has 4 N–H and O–H groups in total. The Kier molecular flexibility index (Phi) is 10.8. The van der Waals surface area contributed by atoms with E-state index < -0.39 is 5.60 Å². The summed E-state index contributed by atoms with van der Waals surface area (Å²) in [6.07, 6.45) is 0.968. The molecule has 10 heteroatoms. The Morgan fingerprint density at radius 1 is 0.842 bits per heavy atom. The Hall–Kier alpha value is 0.680. The first-order valence-corrected chi connectivity index (χ1v) is 7.94. The summed E-state index contributed by atoms with van der Waals surface area (Å²) >= 11 is 26.3. The summed E-state index contributed by atoms with van der Waals surface area (Å²) in [4.78, 5) is 0. The number of hydrogen-bond donors (Lipinski definition) is 7. The van der Waals surface area contributed by atoms with Gasteiger partial charge in [-0.3, -0.25) is 0 Å². The maximum Gasteiger partial charge on any atom is 0.130 e. The molecule has 19 heavy (non-hydrogen) atoms. The van der Waals surface area contributed by atoms with Crippen molar-refractivity contribution in [2.45, 2.75) is 18.4 Å². The zero-order chi connectivity index (χ0) is 14.9. The van der Waals surface area contributed by atoms with Crippen LogP contribution in [-0.2, 0) is 0 Å². The average molecular weight is 376 g/mol. The maximum atomic E-state index is 10.5. The van der Waals surface area contributed by atoms with Crippen molar-refractivity contribution in [3.8, 4) is 0 Å². The number of aliphatic hydroxyl groups is 1. The highest BCUT2D eigenvalue weighted by Gasteiger charge is 2.26. The van der Waals surface area contributed by atoms with Crippen LogP contribution in [0.15, 0.2) is 0 Å². The summed E-state index contributed by atoms with van der Waals surface area (Å²) in [5, 5.41) is 19.1. The van der Waals surface area contributed by atoms with Gasteiger partial charge in [0, 0.05) is 19.6 Å². The third-order valence-electron chi connectivity index (χ3n) is 2.30. The van der Waals surface area contributed by atoms with Crippen LogP contribution in [0.3, 0.4) is 0 Å². The highest BCUT2D eigenvalue weighted by molar-refractivity contribution is 8.11. The second-order valence-electron chi connectivity index (χ2n) is 3.85. The lowest BCUT2D eigenvalue weighted by atomic mass is 9.95. The van der Waals surface area contributed by atoms with Gasteiger partial charge in [0.2, 0.25) is 0 Å². The van der Waals surface area contributed by atoms with Gasteiger partial charge in [-0.2, -0.15) is 0 Å². The average Bonchev–Trinajstić information content (AvgIpc) is 2.25. The highest BCUT2D eigenvalue weighted by Crippen LogP contribution is 2.14. The Labute approximate surface area is 146 Å². The van der Waals surface area contributed by atoms with Gasteiger partial charge in [0.25, 0.3) is 0 Å². The van der Waals surface area contributed by atoms with Crippen LogP contribution in [0.25, 0.3) is 0 Å². The molecule has 0 unspecified atom stereocenters. The topological polar surface area (TPSA) is 56.3 Å². The smallest absolute Gasteiger partial charge is 0.130 e. The maximum absolute atomic E-state index is 10.5. The van der Waals surface area contributed by atoms with Gasteiger partial charge in [0.15, 0.2) is 0 Å². The number of hydrogen-bond acceptors (Lipinski definition) is 4. The van der Waals surface area contributed by atoms with E-state index in [1.54, 1.807) is 0 Å². The van der Waals surface area contributed by atoms with Gasteiger partial charge in [0.05, 0.1) is 5.60 Å². The zero-order valence-corrected chi connectivity index (χ0v) is 15.2. The summed E-state index contributed by atoms with van der Waals surface area (Å²) < 4.78 is 1.14. The normalized spacial score (nSPS) is 10.7. The lowest BCUT2D eigenvalue weighted by Crippen LogP contribution is -2.45. The first-order chi connectivity index (χ1) is 8.75. The minimum atomic E-state index is -0.954. The standard InChI is InChI=1S/C9H17N3OS6/c13-9(5-12-8(18)19,1-3-10-6(14)15)2-4-11-7(16)17/h13H,1-5H2,(H2,10,14,15)(H2,11,16,17)(H2,12,18,19). The van der Waals surface area contributed by atoms with Crippen LogP contribution in [0.2, 0.25) is 0 Å². The largest absolute Gasteiger partial charge is 0.388 e. The van der Waals surface area contributed by atoms with Crippen molar-refractivity contribution >= 4 is 87.5 Å². The minimum absolute atomic E-state index is 0.303. The molecule has 0 spiro atoms. The number of thiocarbonyl (C=S) groups is 3. The molecule has 0 aromatic heterocycles. The summed E-state index contributed by atoms with van der Waals surface area (Å²) in [6, 6.07) is 0. The van der Waals surface area contributed by atoms with Crippen molar-refractivity contribution in [1.82, 2.24) is 16.0 Å². The zero-order valence-electron chi connectivity index (χ0n) is 10.0. The molecule has 0 bridgehead atoms. The van der Waals surface area contributed by atoms with Crippen LogP contribution < -0.4 is 16.0 Å². The third-order valence-corrected chi connectivity index (χ3v) is 3.21. The van der Waals surface area contributed by atoms with Gasteiger partial charge in [0.1, 0.15) is 13.0 Å². The highest BCUT2D eigenvalue weighted by atomic mass is 32.1. The van der Waals surface area contributed by atoms with Crippen LogP contribution in [-0.4, -0.2) is 43.3 Å². The lowest BCUT2D eigenvalue weighted by molar-refractivity contribution is 0.0306. The molecule has 0 saturated carbocycles. The predicted molar refractivity (Wildman–Crippen MR) is 103 cm³/mol. The van der Waals surface area contributed by atoms with Crippen molar-refractivity contribution in [3.05, 3.63) is 0 Å². The number of thiol groups is 3. The molecule has 0 aliphatic rings. The van der Waals surface area contributed by atoms with E-state index in [0.29, 0.717) is 45.4 Å². The molecular formula is C9H17N3OS6. The van der Waals surface area contributed by atoms with Gasteiger partial charge < -0.3 is 21.1 Å². The van der Waals surface area contributed by atoms with E-state index in [0.717, 1.165) is 0 Å². The SMILES string of the molecule is OC(CCNC(=S)S)(CCNC(=S)S)CNC(=S)S. The third kappa shape index (κ3) is 12.2. The number of nitrogens with one attached hydrogen (secondary N) is 3. The molecule has 0 amide bonds. The Morgan fingerprint density at radius 3 is 1.53 bits per heavy atom. The molecule has 4 nitrogen and oxygen atoms in total. The van der Waals surface area contributed by atoms with E-state index in [4.69, 9.17) is 36.7 Å². The first kappa shape index (κ1) is 19.7. The lowest BCUT2D eigenvalue weighted by Gasteiger charge is -2.29. The molecule has 0 rings (SSSR count). The van der Waals surface area contributed by atoms with E-state index in [-0.39, 0.29) is 0 Å². The predicted octanol–water partition coefficient (Wildman–Crippen LogP) is 0.911. The van der Waals surface area contributed by atoms with Crippen molar-refractivity contribution in [3.63, 3.8) is 0 Å². The molecule has 0 fully saturated rings. The Bertz CT molecular complexity index is 318. The molecule has 0 aromatic rings. The van der Waals surface area contributed by atoms with Crippen molar-refractivity contribution in [2.75, 3.05) is 19.6 Å². The molecule has 0 atom stereocenters. The number of rotatable bonds is 8. The first-order valence-electron chi connectivity index (χ1n) is 5.38. The molecule has 0 radical (unpaired) electrons. The molecule has 0 aliphatic carbocycles. The van der Waals surface area contributed by atoms with E-state index in [2.05, 4.69) is 53.8 Å². The van der Waals surface area contributed by atoms with Gasteiger partial charge in [-0.15, -0.1) is 37.9 Å².